The molecule has 21 heavy (non-hydrogen) atoms. The van der Waals surface area contributed by atoms with Gasteiger partial charge in [0.05, 0.1) is 6.61 Å². The number of carbonyl (C=O) groups is 1. The van der Waals surface area contributed by atoms with E-state index in [-0.39, 0.29) is 5.97 Å². The number of esters is 1. The topological polar surface area (TPSA) is 87.0 Å². The van der Waals surface area contributed by atoms with Crippen molar-refractivity contribution in [3.8, 4) is 0 Å². The third-order valence-electron chi connectivity index (χ3n) is 2.58. The minimum absolute atomic E-state index is 0.261. The Bertz CT molecular complexity index is 319. The zero-order valence-corrected chi connectivity index (χ0v) is 14.8. The molecule has 0 heterocycles. The molecule has 3 N–H and O–H groups in total. The highest BCUT2D eigenvalue weighted by Crippen LogP contribution is 2.26. The van der Waals surface area contributed by atoms with E-state index < -0.39 is 6.72 Å². The lowest BCUT2D eigenvalue weighted by atomic mass is 10.1. The van der Waals surface area contributed by atoms with Crippen LogP contribution in [-0.2, 0) is 21.3 Å². The van der Waals surface area contributed by atoms with E-state index in [0.717, 1.165) is 12.8 Å². The van der Waals surface area contributed by atoms with Crippen LogP contribution in [-0.4, -0.2) is 27.3 Å². The minimum atomic E-state index is -3.81. The molecule has 7 heteroatoms. The third kappa shape index (κ3) is 28.6. The molecule has 0 aromatic rings. The Morgan fingerprint density at radius 1 is 1.05 bits per heavy atom. The standard InChI is InChI=1S/C14H26O2.H3O3PS/c1-4-5-6-7-8-9-10-11-12-16-14(15)13(2)3;1-4(2,3)5/h2,4-12H2,1,3H3;(H3,1,2,3,5). The van der Waals surface area contributed by atoms with Crippen molar-refractivity contribution in [2.75, 3.05) is 6.61 Å². The number of hydrogen-bond donors (Lipinski definition) is 3. The van der Waals surface area contributed by atoms with E-state index in [1.165, 1.54) is 38.5 Å². The minimum Gasteiger partial charge on any atom is -0.462 e. The maximum Gasteiger partial charge on any atom is 0.333 e. The van der Waals surface area contributed by atoms with Gasteiger partial charge in [-0.2, -0.15) is 0 Å². The predicted molar refractivity (Wildman–Crippen MR) is 89.3 cm³/mol. The summed E-state index contributed by atoms with van der Waals surface area (Å²) in [4.78, 5) is 33.7. The van der Waals surface area contributed by atoms with Crippen LogP contribution in [0.15, 0.2) is 12.2 Å². The van der Waals surface area contributed by atoms with Gasteiger partial charge in [0.1, 0.15) is 0 Å². The lowest BCUT2D eigenvalue weighted by molar-refractivity contribution is -0.139. The molecular weight excluding hydrogens is 311 g/mol. The van der Waals surface area contributed by atoms with Crippen LogP contribution < -0.4 is 0 Å². The average molecular weight is 340 g/mol. The predicted octanol–water partition coefficient (Wildman–Crippen LogP) is 3.43. The van der Waals surface area contributed by atoms with Crippen molar-refractivity contribution in [2.45, 2.75) is 65.2 Å². The summed E-state index contributed by atoms with van der Waals surface area (Å²) in [6.45, 7) is 4.18. The summed E-state index contributed by atoms with van der Waals surface area (Å²) < 4.78 is 5.01. The van der Waals surface area contributed by atoms with Crippen molar-refractivity contribution in [3.63, 3.8) is 0 Å². The highest BCUT2D eigenvalue weighted by molar-refractivity contribution is 8.06. The molecule has 0 atom stereocenters. The van der Waals surface area contributed by atoms with Gasteiger partial charge in [-0.25, -0.2) is 4.79 Å². The van der Waals surface area contributed by atoms with Crippen molar-refractivity contribution in [2.24, 2.45) is 0 Å². The number of hydrogen-bond acceptors (Lipinski definition) is 3. The molecule has 0 aromatic heterocycles. The first-order valence-electron chi connectivity index (χ1n) is 7.29. The second-order valence-corrected chi connectivity index (χ2v) is 7.40. The second kappa shape index (κ2) is 14.7. The fraction of sp³-hybridized carbons (Fsp3) is 0.786. The highest BCUT2D eigenvalue weighted by Gasteiger charge is 2.01. The van der Waals surface area contributed by atoms with Crippen LogP contribution >= 0.6 is 6.72 Å². The largest absolute Gasteiger partial charge is 0.462 e. The summed E-state index contributed by atoms with van der Waals surface area (Å²) in [5, 5.41) is 0. The number of carbonyl (C=O) groups excluding carboxylic acids is 1. The van der Waals surface area contributed by atoms with Gasteiger partial charge in [0.25, 0.3) is 0 Å². The summed E-state index contributed by atoms with van der Waals surface area (Å²) in [6.07, 6.45) is 10.1. The number of ether oxygens (including phenoxy) is 1. The average Bonchev–Trinajstić information content (AvgIpc) is 2.34. The van der Waals surface area contributed by atoms with E-state index in [9.17, 15) is 4.79 Å². The second-order valence-electron chi connectivity index (χ2n) is 4.90. The summed E-state index contributed by atoms with van der Waals surface area (Å²) in [7, 11) is 0. The van der Waals surface area contributed by atoms with Crippen molar-refractivity contribution < 1.29 is 24.2 Å². The van der Waals surface area contributed by atoms with Crippen molar-refractivity contribution in [3.05, 3.63) is 12.2 Å². The van der Waals surface area contributed by atoms with Crippen molar-refractivity contribution in [1.82, 2.24) is 0 Å². The maximum absolute atomic E-state index is 11.0. The summed E-state index contributed by atoms with van der Waals surface area (Å²) in [6, 6.07) is 0. The van der Waals surface area contributed by atoms with Crippen molar-refractivity contribution in [1.29, 1.82) is 0 Å². The lowest BCUT2D eigenvalue weighted by Gasteiger charge is -2.04. The SMILES string of the molecule is C=C(C)C(=O)OCCCCCCCCCC.OP(O)(O)=S. The van der Waals surface area contributed by atoms with Gasteiger partial charge in [-0.3, -0.25) is 0 Å². The summed E-state index contributed by atoms with van der Waals surface area (Å²) in [5.41, 5.74) is 0.486. The molecule has 0 rings (SSSR count). The van der Waals surface area contributed by atoms with Crippen LogP contribution in [0.2, 0.25) is 0 Å². The van der Waals surface area contributed by atoms with Crippen molar-refractivity contribution >= 4 is 24.5 Å². The number of unbranched alkanes of at least 4 members (excludes halogenated alkanes) is 7. The molecule has 126 valence electrons. The van der Waals surface area contributed by atoms with Gasteiger partial charge in [0.15, 0.2) is 0 Å². The molecule has 0 fully saturated rings. The van der Waals surface area contributed by atoms with Crippen LogP contribution in [0.5, 0.6) is 0 Å². The Balaban J connectivity index is 0. The van der Waals surface area contributed by atoms with E-state index >= 15 is 0 Å². The zero-order chi connectivity index (χ0) is 16.7. The Kier molecular flexibility index (Phi) is 16.1. The quantitative estimate of drug-likeness (QED) is 0.244. The Morgan fingerprint density at radius 2 is 1.43 bits per heavy atom. The van der Waals surface area contributed by atoms with Crippen LogP contribution in [0.25, 0.3) is 0 Å². The summed E-state index contributed by atoms with van der Waals surface area (Å²) in [5.74, 6) is -0.261. The first kappa shape index (κ1) is 23.0. The van der Waals surface area contributed by atoms with E-state index in [4.69, 9.17) is 19.4 Å². The maximum atomic E-state index is 11.0. The lowest BCUT2D eigenvalue weighted by Crippen LogP contribution is -2.05. The molecule has 0 aliphatic carbocycles. The first-order valence-corrected chi connectivity index (χ1v) is 9.95. The third-order valence-corrected chi connectivity index (χ3v) is 2.58. The van der Waals surface area contributed by atoms with Gasteiger partial charge in [-0.05, 0) is 25.2 Å². The van der Waals surface area contributed by atoms with Crippen LogP contribution in [0.3, 0.4) is 0 Å². The van der Waals surface area contributed by atoms with E-state index in [1.807, 2.05) is 0 Å². The van der Waals surface area contributed by atoms with Crippen LogP contribution in [0.1, 0.15) is 65.2 Å². The van der Waals surface area contributed by atoms with Crippen LogP contribution in [0, 0.1) is 0 Å². The smallest absolute Gasteiger partial charge is 0.333 e. The molecular formula is C14H29O5PS. The van der Waals surface area contributed by atoms with Crippen LogP contribution in [0.4, 0.5) is 0 Å². The Morgan fingerprint density at radius 3 is 1.81 bits per heavy atom. The van der Waals surface area contributed by atoms with E-state index in [0.29, 0.717) is 12.2 Å². The van der Waals surface area contributed by atoms with E-state index in [1.54, 1.807) is 6.92 Å². The molecule has 0 bridgehead atoms. The fourth-order valence-electron chi connectivity index (χ4n) is 1.52. The molecule has 5 nitrogen and oxygen atoms in total. The molecule has 0 amide bonds. The van der Waals surface area contributed by atoms with Gasteiger partial charge in [0, 0.05) is 5.57 Å². The molecule has 0 unspecified atom stereocenters. The Hall–Kier alpha value is -0.260. The molecule has 0 aliphatic heterocycles. The zero-order valence-electron chi connectivity index (χ0n) is 13.1. The monoisotopic (exact) mass is 340 g/mol. The molecule has 0 aromatic carbocycles. The highest BCUT2D eigenvalue weighted by atomic mass is 32.5. The van der Waals surface area contributed by atoms with Gasteiger partial charge < -0.3 is 19.4 Å². The van der Waals surface area contributed by atoms with Gasteiger partial charge >= 0.3 is 12.7 Å². The first-order chi connectivity index (χ1) is 9.68. The molecule has 0 aliphatic rings. The fourth-order valence-corrected chi connectivity index (χ4v) is 1.52. The Labute approximate surface area is 133 Å². The normalized spacial score (nSPS) is 10.5. The molecule has 0 saturated heterocycles. The summed E-state index contributed by atoms with van der Waals surface area (Å²) >= 11 is 3.60. The number of rotatable bonds is 10. The van der Waals surface area contributed by atoms with E-state index in [2.05, 4.69) is 25.3 Å². The van der Waals surface area contributed by atoms with Gasteiger partial charge in [-0.1, -0.05) is 58.4 Å². The molecule has 0 spiro atoms. The van der Waals surface area contributed by atoms with Gasteiger partial charge in [-0.15, -0.1) is 0 Å². The molecule has 0 radical (unpaired) electrons. The molecule has 0 saturated carbocycles. The van der Waals surface area contributed by atoms with Gasteiger partial charge in [0.2, 0.25) is 0 Å².